The third-order valence-electron chi connectivity index (χ3n) is 2.97. The lowest BCUT2D eigenvalue weighted by Gasteiger charge is -2.11. The molecule has 2 aromatic rings. The van der Waals surface area contributed by atoms with E-state index in [-0.39, 0.29) is 5.92 Å². The Morgan fingerprint density at radius 3 is 2.35 bits per heavy atom. The van der Waals surface area contributed by atoms with Crippen molar-refractivity contribution in [2.75, 3.05) is 5.84 Å². The van der Waals surface area contributed by atoms with Crippen LogP contribution in [0.1, 0.15) is 25.2 Å². The Kier molecular flexibility index (Phi) is 3.74. The summed E-state index contributed by atoms with van der Waals surface area (Å²) < 4.78 is 1.92. The van der Waals surface area contributed by atoms with Crippen LogP contribution < -0.4 is 17.2 Å². The number of nitrogens with two attached hydrogens (primary N) is 1. The van der Waals surface area contributed by atoms with Crippen molar-refractivity contribution in [2.24, 2.45) is 5.92 Å². The smallest absolute Gasteiger partial charge is 0.334 e. The zero-order valence-electron chi connectivity index (χ0n) is 11.8. The van der Waals surface area contributed by atoms with E-state index < -0.39 is 11.4 Å². The maximum atomic E-state index is 12.2. The molecule has 0 spiro atoms. The fraction of sp³-hybridized carbons (Fsp3) is 0.357. The molecule has 0 amide bonds. The van der Waals surface area contributed by atoms with Crippen LogP contribution in [0.3, 0.4) is 0 Å². The van der Waals surface area contributed by atoms with Crippen LogP contribution in [0.15, 0.2) is 33.9 Å². The molecule has 0 unspecified atom stereocenters. The van der Waals surface area contributed by atoms with Crippen LogP contribution in [0.2, 0.25) is 0 Å². The van der Waals surface area contributed by atoms with Crippen molar-refractivity contribution in [1.82, 2.24) is 14.2 Å². The molecule has 1 aromatic carbocycles. The standard InChI is InChI=1S/C14H18N4O2/c1-9(2)8-12-16-13(19)17(14(20)18(12)15)11-6-4-10(3)5-7-11/h4-7,9H,8,15H2,1-3H3. The summed E-state index contributed by atoms with van der Waals surface area (Å²) in [5.41, 5.74) is 0.327. The summed E-state index contributed by atoms with van der Waals surface area (Å²) in [6, 6.07) is 7.04. The molecule has 6 nitrogen and oxygen atoms in total. The van der Waals surface area contributed by atoms with Gasteiger partial charge in [0.15, 0.2) is 0 Å². The number of hydrogen-bond acceptors (Lipinski definition) is 4. The molecule has 20 heavy (non-hydrogen) atoms. The molecule has 0 saturated heterocycles. The monoisotopic (exact) mass is 274 g/mol. The largest absolute Gasteiger partial charge is 0.358 e. The quantitative estimate of drug-likeness (QED) is 0.831. The van der Waals surface area contributed by atoms with Gasteiger partial charge in [-0.3, -0.25) is 0 Å². The highest BCUT2D eigenvalue weighted by molar-refractivity contribution is 5.33. The number of aryl methyl sites for hydroxylation is 1. The Morgan fingerprint density at radius 1 is 1.20 bits per heavy atom. The number of aromatic nitrogens is 3. The zero-order chi connectivity index (χ0) is 14.9. The number of nitrogen functional groups attached to an aromatic ring is 1. The summed E-state index contributed by atoms with van der Waals surface area (Å²) in [4.78, 5) is 28.2. The molecule has 0 aliphatic rings. The SMILES string of the molecule is Cc1ccc(-n2c(=O)nc(CC(C)C)n(N)c2=O)cc1. The van der Waals surface area contributed by atoms with Crippen LogP contribution in [0.4, 0.5) is 0 Å². The normalized spacial score (nSPS) is 11.0. The molecule has 0 aliphatic carbocycles. The fourth-order valence-electron chi connectivity index (χ4n) is 1.94. The lowest BCUT2D eigenvalue weighted by molar-refractivity contribution is 0.570. The van der Waals surface area contributed by atoms with Gasteiger partial charge in [0.05, 0.1) is 5.69 Å². The number of nitrogens with zero attached hydrogens (tertiary/aromatic N) is 3. The van der Waals surface area contributed by atoms with E-state index in [4.69, 9.17) is 5.84 Å². The second-order valence-electron chi connectivity index (χ2n) is 5.23. The highest BCUT2D eigenvalue weighted by atomic mass is 16.2. The van der Waals surface area contributed by atoms with E-state index >= 15 is 0 Å². The predicted octanol–water partition coefficient (Wildman–Crippen LogP) is 0.615. The molecule has 0 bridgehead atoms. The Hall–Kier alpha value is -2.37. The molecule has 1 heterocycles. The molecule has 0 saturated carbocycles. The van der Waals surface area contributed by atoms with Crippen LogP contribution in [0.25, 0.3) is 5.69 Å². The number of rotatable bonds is 3. The molecule has 106 valence electrons. The van der Waals surface area contributed by atoms with E-state index in [1.807, 2.05) is 32.9 Å². The first-order chi connectivity index (χ1) is 9.40. The first-order valence-corrected chi connectivity index (χ1v) is 6.47. The second kappa shape index (κ2) is 5.32. The first-order valence-electron chi connectivity index (χ1n) is 6.47. The molecule has 1 aromatic heterocycles. The van der Waals surface area contributed by atoms with Gasteiger partial charge in [-0.1, -0.05) is 31.5 Å². The Balaban J connectivity index is 2.62. The van der Waals surface area contributed by atoms with Crippen LogP contribution >= 0.6 is 0 Å². The summed E-state index contributed by atoms with van der Waals surface area (Å²) in [5, 5.41) is 0. The topological polar surface area (TPSA) is 82.9 Å². The van der Waals surface area contributed by atoms with Gasteiger partial charge in [-0.2, -0.15) is 9.66 Å². The molecule has 0 radical (unpaired) electrons. The van der Waals surface area contributed by atoms with Crippen LogP contribution in [0, 0.1) is 12.8 Å². The van der Waals surface area contributed by atoms with Gasteiger partial charge in [-0.05, 0) is 25.0 Å². The van der Waals surface area contributed by atoms with Crippen molar-refractivity contribution in [3.05, 3.63) is 56.6 Å². The van der Waals surface area contributed by atoms with E-state index in [1.165, 1.54) is 0 Å². The molecule has 2 N–H and O–H groups in total. The predicted molar refractivity (Wildman–Crippen MR) is 77.5 cm³/mol. The number of benzene rings is 1. The van der Waals surface area contributed by atoms with Gasteiger partial charge in [0.2, 0.25) is 0 Å². The van der Waals surface area contributed by atoms with Crippen LogP contribution in [-0.2, 0) is 6.42 Å². The molecule has 2 rings (SSSR count). The van der Waals surface area contributed by atoms with Gasteiger partial charge in [0.25, 0.3) is 0 Å². The summed E-state index contributed by atoms with van der Waals surface area (Å²) >= 11 is 0. The molecular weight excluding hydrogens is 256 g/mol. The molecule has 6 heteroatoms. The minimum absolute atomic E-state index is 0.256. The molecule has 0 aliphatic heterocycles. The van der Waals surface area contributed by atoms with Gasteiger partial charge in [0, 0.05) is 6.42 Å². The summed E-state index contributed by atoms with van der Waals surface area (Å²) in [5.74, 6) is 6.31. The Labute approximate surface area is 116 Å². The van der Waals surface area contributed by atoms with E-state index in [2.05, 4.69) is 4.98 Å². The van der Waals surface area contributed by atoms with Gasteiger partial charge in [0.1, 0.15) is 5.82 Å². The highest BCUT2D eigenvalue weighted by Gasteiger charge is 2.13. The van der Waals surface area contributed by atoms with Crippen molar-refractivity contribution >= 4 is 0 Å². The van der Waals surface area contributed by atoms with Crippen molar-refractivity contribution in [3.63, 3.8) is 0 Å². The van der Waals surface area contributed by atoms with E-state index in [0.717, 1.165) is 14.8 Å². The highest BCUT2D eigenvalue weighted by Crippen LogP contribution is 2.05. The van der Waals surface area contributed by atoms with Crippen molar-refractivity contribution < 1.29 is 0 Å². The first kappa shape index (κ1) is 14.0. The third-order valence-corrected chi connectivity index (χ3v) is 2.97. The molecular formula is C14H18N4O2. The van der Waals surface area contributed by atoms with E-state index in [9.17, 15) is 9.59 Å². The summed E-state index contributed by atoms with van der Waals surface area (Å²) in [6.45, 7) is 5.87. The van der Waals surface area contributed by atoms with Crippen LogP contribution in [-0.4, -0.2) is 14.2 Å². The number of hydrogen-bond donors (Lipinski definition) is 1. The molecule has 0 fully saturated rings. The fourth-order valence-corrected chi connectivity index (χ4v) is 1.94. The zero-order valence-corrected chi connectivity index (χ0v) is 11.8. The van der Waals surface area contributed by atoms with Crippen molar-refractivity contribution in [3.8, 4) is 5.69 Å². The third kappa shape index (κ3) is 2.64. The van der Waals surface area contributed by atoms with E-state index in [0.29, 0.717) is 17.9 Å². The minimum atomic E-state index is -0.601. The van der Waals surface area contributed by atoms with Gasteiger partial charge < -0.3 is 5.84 Å². The Bertz CT molecular complexity index is 726. The minimum Gasteiger partial charge on any atom is -0.334 e. The maximum absolute atomic E-state index is 12.2. The molecule has 0 atom stereocenters. The van der Waals surface area contributed by atoms with Gasteiger partial charge in [-0.25, -0.2) is 14.2 Å². The van der Waals surface area contributed by atoms with Crippen molar-refractivity contribution in [2.45, 2.75) is 27.2 Å². The average molecular weight is 274 g/mol. The van der Waals surface area contributed by atoms with Gasteiger partial charge >= 0.3 is 11.4 Å². The lowest BCUT2D eigenvalue weighted by Crippen LogP contribution is -2.45. The second-order valence-corrected chi connectivity index (χ2v) is 5.23. The van der Waals surface area contributed by atoms with Gasteiger partial charge in [-0.15, -0.1) is 0 Å². The average Bonchev–Trinajstić information content (AvgIpc) is 2.37. The van der Waals surface area contributed by atoms with Crippen LogP contribution in [0.5, 0.6) is 0 Å². The maximum Gasteiger partial charge on any atom is 0.358 e. The van der Waals surface area contributed by atoms with Crippen molar-refractivity contribution in [1.29, 1.82) is 0 Å². The Morgan fingerprint density at radius 2 is 1.80 bits per heavy atom. The van der Waals surface area contributed by atoms with E-state index in [1.54, 1.807) is 12.1 Å². The summed E-state index contributed by atoms with van der Waals surface area (Å²) in [6.07, 6.45) is 0.482. The summed E-state index contributed by atoms with van der Waals surface area (Å²) in [7, 11) is 0. The lowest BCUT2D eigenvalue weighted by atomic mass is 10.1.